The van der Waals surface area contributed by atoms with E-state index in [1.807, 2.05) is 32.0 Å². The molecule has 2 aromatic carbocycles. The van der Waals surface area contributed by atoms with Crippen molar-refractivity contribution in [1.82, 2.24) is 0 Å². The fourth-order valence-corrected chi connectivity index (χ4v) is 5.53. The third-order valence-electron chi connectivity index (χ3n) is 6.72. The lowest BCUT2D eigenvalue weighted by Gasteiger charge is -2.51. The topological polar surface area (TPSA) is 92.7 Å². The zero-order chi connectivity index (χ0) is 23.5. The maximum Gasteiger partial charge on any atom is 0.231 e. The van der Waals surface area contributed by atoms with Gasteiger partial charge in [0.1, 0.15) is 11.5 Å². The van der Waals surface area contributed by atoms with Crippen molar-refractivity contribution in [1.29, 1.82) is 0 Å². The first-order chi connectivity index (χ1) is 15.7. The fourth-order valence-electron chi connectivity index (χ4n) is 5.53. The fraction of sp³-hybridized carbons (Fsp3) is 0.480. The molecule has 2 aliphatic heterocycles. The normalized spacial score (nSPS) is 26.7. The van der Waals surface area contributed by atoms with Crippen LogP contribution < -0.4 is 28.4 Å². The summed E-state index contributed by atoms with van der Waals surface area (Å²) in [5, 5.41) is 11.8. The summed E-state index contributed by atoms with van der Waals surface area (Å²) in [5.74, 6) is -0.118. The Morgan fingerprint density at radius 2 is 1.58 bits per heavy atom. The van der Waals surface area contributed by atoms with E-state index in [0.29, 0.717) is 47.3 Å². The molecule has 33 heavy (non-hydrogen) atoms. The van der Waals surface area contributed by atoms with Crippen molar-refractivity contribution >= 4 is 5.78 Å². The number of fused-ring (bicyclic) bond motifs is 3. The number of carbonyl (C=O) groups is 1. The number of ether oxygens (including phenoxy) is 6. The van der Waals surface area contributed by atoms with Gasteiger partial charge < -0.3 is 33.5 Å². The minimum atomic E-state index is -1.68. The monoisotopic (exact) mass is 456 g/mol. The zero-order valence-electron chi connectivity index (χ0n) is 19.4. The zero-order valence-corrected chi connectivity index (χ0v) is 19.4. The van der Waals surface area contributed by atoms with E-state index in [-0.39, 0.29) is 12.6 Å². The first-order valence-electron chi connectivity index (χ1n) is 10.9. The van der Waals surface area contributed by atoms with Gasteiger partial charge >= 0.3 is 0 Å². The number of Topliss-reactive ketones (excluding diaryl/α,β-unsaturated/α-hetero) is 1. The van der Waals surface area contributed by atoms with Gasteiger partial charge in [0.2, 0.25) is 18.3 Å². The van der Waals surface area contributed by atoms with E-state index < -0.39 is 23.0 Å². The van der Waals surface area contributed by atoms with Crippen molar-refractivity contribution < 1.29 is 38.3 Å². The van der Waals surface area contributed by atoms with Crippen LogP contribution in [0.2, 0.25) is 0 Å². The molecule has 3 aliphatic rings. The molecule has 5 rings (SSSR count). The van der Waals surface area contributed by atoms with Crippen LogP contribution in [0.1, 0.15) is 43.7 Å². The lowest BCUT2D eigenvalue weighted by atomic mass is 9.61. The van der Waals surface area contributed by atoms with Crippen LogP contribution in [0.5, 0.6) is 34.5 Å². The molecule has 0 amide bonds. The molecule has 0 spiro atoms. The van der Waals surface area contributed by atoms with Crippen molar-refractivity contribution in [2.45, 2.75) is 38.4 Å². The van der Waals surface area contributed by atoms with E-state index in [1.54, 1.807) is 20.3 Å². The summed E-state index contributed by atoms with van der Waals surface area (Å²) >= 11 is 0. The molecule has 1 unspecified atom stereocenters. The predicted molar refractivity (Wildman–Crippen MR) is 118 cm³/mol. The first kappa shape index (κ1) is 21.7. The number of hydrogen-bond acceptors (Lipinski definition) is 8. The molecule has 2 aromatic rings. The Kier molecular flexibility index (Phi) is 4.90. The molecule has 0 aromatic heterocycles. The molecule has 8 nitrogen and oxygen atoms in total. The molecule has 0 bridgehead atoms. The van der Waals surface area contributed by atoms with Gasteiger partial charge in [0.25, 0.3) is 0 Å². The molecule has 2 heterocycles. The Hall–Kier alpha value is -3.13. The van der Waals surface area contributed by atoms with E-state index in [4.69, 9.17) is 28.4 Å². The largest absolute Gasteiger partial charge is 0.493 e. The van der Waals surface area contributed by atoms with Gasteiger partial charge in [-0.15, -0.1) is 0 Å². The van der Waals surface area contributed by atoms with E-state index in [0.717, 1.165) is 11.1 Å². The van der Waals surface area contributed by atoms with Gasteiger partial charge in [-0.2, -0.15) is 0 Å². The van der Waals surface area contributed by atoms with Gasteiger partial charge in [-0.1, -0.05) is 13.8 Å². The molecule has 176 valence electrons. The lowest BCUT2D eigenvalue weighted by Crippen LogP contribution is -2.58. The molecule has 1 fully saturated rings. The number of methoxy groups -OCH3 is 3. The van der Waals surface area contributed by atoms with Crippen LogP contribution in [-0.2, 0) is 4.79 Å². The Morgan fingerprint density at radius 3 is 2.18 bits per heavy atom. The lowest BCUT2D eigenvalue weighted by molar-refractivity contribution is -0.222. The van der Waals surface area contributed by atoms with Crippen molar-refractivity contribution in [3.8, 4) is 34.5 Å². The van der Waals surface area contributed by atoms with Crippen molar-refractivity contribution in [2.24, 2.45) is 11.3 Å². The molecule has 1 saturated carbocycles. The smallest absolute Gasteiger partial charge is 0.231 e. The quantitative estimate of drug-likeness (QED) is 0.745. The number of rotatable bonds is 4. The maximum absolute atomic E-state index is 13.5. The van der Waals surface area contributed by atoms with Gasteiger partial charge in [-0.3, -0.25) is 4.79 Å². The number of ketones is 1. The van der Waals surface area contributed by atoms with Crippen LogP contribution >= 0.6 is 0 Å². The minimum absolute atomic E-state index is 0.0594. The van der Waals surface area contributed by atoms with Crippen LogP contribution in [0.25, 0.3) is 0 Å². The second-order valence-corrected chi connectivity index (χ2v) is 9.59. The van der Waals surface area contributed by atoms with Gasteiger partial charge in [0.05, 0.1) is 27.2 Å². The molecule has 0 radical (unpaired) electrons. The number of hydrogen-bond donors (Lipinski definition) is 1. The Morgan fingerprint density at radius 1 is 0.939 bits per heavy atom. The molecular formula is C25H28O8. The predicted octanol–water partition coefficient (Wildman–Crippen LogP) is 3.66. The number of carbonyl (C=O) groups excluding carboxylic acids is 1. The Balaban J connectivity index is 1.75. The third kappa shape index (κ3) is 3.35. The summed E-state index contributed by atoms with van der Waals surface area (Å²) in [4.78, 5) is 13.5. The number of aliphatic hydroxyl groups is 1. The standard InChI is InChI=1S/C25H28O8/c1-24(2)10-15(26)22-21(13-6-19(28-3)23(30-5)20(7-13)29-4)14-8-17-18(32-12-31-17)9-16(14)33-25(22,27)11-24/h6-9,21-22,27H,10-12H2,1-5H3/t21-,22+,25?/m1/s1. The highest BCUT2D eigenvalue weighted by molar-refractivity contribution is 5.86. The third-order valence-corrected chi connectivity index (χ3v) is 6.72. The van der Waals surface area contributed by atoms with Crippen LogP contribution in [0.3, 0.4) is 0 Å². The summed E-state index contributed by atoms with van der Waals surface area (Å²) in [5.41, 5.74) is 1.07. The maximum atomic E-state index is 13.5. The first-order valence-corrected chi connectivity index (χ1v) is 10.9. The van der Waals surface area contributed by atoms with Gasteiger partial charge in [-0.05, 0) is 29.2 Å². The van der Waals surface area contributed by atoms with E-state index in [2.05, 4.69) is 0 Å². The molecule has 3 atom stereocenters. The van der Waals surface area contributed by atoms with E-state index in [9.17, 15) is 9.90 Å². The summed E-state index contributed by atoms with van der Waals surface area (Å²) in [7, 11) is 4.62. The molecular weight excluding hydrogens is 428 g/mol. The average molecular weight is 456 g/mol. The number of benzene rings is 2. The van der Waals surface area contributed by atoms with Gasteiger partial charge in [-0.25, -0.2) is 0 Å². The second kappa shape index (κ2) is 7.45. The highest BCUT2D eigenvalue weighted by atomic mass is 16.7. The molecule has 1 aliphatic carbocycles. The SMILES string of the molecule is COc1cc([C@@H]2c3cc4c(cc3OC3(O)CC(C)(C)CC(=O)[C@@H]23)OCO4)cc(OC)c1OC. The summed E-state index contributed by atoms with van der Waals surface area (Å²) < 4.78 is 33.9. The summed E-state index contributed by atoms with van der Waals surface area (Å²) in [6.45, 7) is 4.03. The van der Waals surface area contributed by atoms with Crippen LogP contribution in [0, 0.1) is 11.3 Å². The molecule has 0 saturated heterocycles. The van der Waals surface area contributed by atoms with Crippen LogP contribution in [0.15, 0.2) is 24.3 Å². The van der Waals surface area contributed by atoms with Crippen LogP contribution in [-0.4, -0.2) is 44.8 Å². The average Bonchev–Trinajstić information content (AvgIpc) is 3.21. The highest BCUT2D eigenvalue weighted by Gasteiger charge is 2.59. The van der Waals surface area contributed by atoms with E-state index in [1.165, 1.54) is 7.11 Å². The highest BCUT2D eigenvalue weighted by Crippen LogP contribution is 2.58. The Labute approximate surface area is 192 Å². The van der Waals surface area contributed by atoms with Gasteiger partial charge in [0.15, 0.2) is 23.0 Å². The van der Waals surface area contributed by atoms with E-state index >= 15 is 0 Å². The van der Waals surface area contributed by atoms with Crippen molar-refractivity contribution in [2.75, 3.05) is 28.1 Å². The minimum Gasteiger partial charge on any atom is -0.493 e. The summed E-state index contributed by atoms with van der Waals surface area (Å²) in [6, 6.07) is 7.19. The Bertz CT molecular complexity index is 1100. The van der Waals surface area contributed by atoms with Gasteiger partial charge in [0, 0.05) is 30.4 Å². The second-order valence-electron chi connectivity index (χ2n) is 9.59. The molecule has 1 N–H and O–H groups in total. The van der Waals surface area contributed by atoms with Crippen LogP contribution in [0.4, 0.5) is 0 Å². The summed E-state index contributed by atoms with van der Waals surface area (Å²) in [6.07, 6.45) is 0.648. The van der Waals surface area contributed by atoms with Crippen molar-refractivity contribution in [3.05, 3.63) is 35.4 Å². The van der Waals surface area contributed by atoms with Crippen molar-refractivity contribution in [3.63, 3.8) is 0 Å². The molecule has 8 heteroatoms.